The summed E-state index contributed by atoms with van der Waals surface area (Å²) in [6.45, 7) is 0.283. The largest absolute Gasteiger partial charge is 1.00 e. The molecule has 184 valence electrons. The molecule has 5 N–H and O–H groups in total. The van der Waals surface area contributed by atoms with Crippen molar-refractivity contribution in [1.29, 1.82) is 0 Å². The summed E-state index contributed by atoms with van der Waals surface area (Å²) in [5.74, 6) is -0.644. The number of amides is 2. The molecule has 3 aromatic carbocycles. The number of carbonyl (C=O) groups is 2. The minimum Gasteiger partial charge on any atom is -0.545 e. The van der Waals surface area contributed by atoms with Gasteiger partial charge in [-0.1, -0.05) is 42.5 Å². The minimum atomic E-state index is -1.32. The summed E-state index contributed by atoms with van der Waals surface area (Å²) < 4.78 is 5.53. The van der Waals surface area contributed by atoms with Gasteiger partial charge in [-0.2, -0.15) is 0 Å². The van der Waals surface area contributed by atoms with Crippen molar-refractivity contribution in [2.75, 3.05) is 30.4 Å². The summed E-state index contributed by atoms with van der Waals surface area (Å²) >= 11 is 0. The predicted octanol–water partition coefficient (Wildman–Crippen LogP) is -1.37. The molecule has 0 unspecified atom stereocenters. The van der Waals surface area contributed by atoms with E-state index in [1.807, 2.05) is 42.5 Å². The topological polar surface area (TPSA) is 143 Å². The van der Waals surface area contributed by atoms with Crippen LogP contribution >= 0.6 is 0 Å². The average molecular weight is 502 g/mol. The Hall–Kier alpha value is -2.92. The van der Waals surface area contributed by atoms with Crippen LogP contribution in [-0.4, -0.2) is 54.1 Å². The van der Waals surface area contributed by atoms with Crippen LogP contribution in [0.25, 0.3) is 0 Å². The van der Waals surface area contributed by atoms with Gasteiger partial charge >= 0.3 is 35.6 Å². The summed E-state index contributed by atoms with van der Waals surface area (Å²) in [6, 6.07) is 21.3. The molecule has 0 aromatic heterocycles. The van der Waals surface area contributed by atoms with Crippen molar-refractivity contribution in [3.63, 3.8) is 0 Å². The Kier molecular flexibility index (Phi) is 12.4. The van der Waals surface area contributed by atoms with Crippen molar-refractivity contribution in [2.24, 2.45) is 0 Å². The Labute approximate surface area is 231 Å². The average Bonchev–Trinajstić information content (AvgIpc) is 2.87. The first-order valence-corrected chi connectivity index (χ1v) is 11.1. The van der Waals surface area contributed by atoms with E-state index in [1.165, 1.54) is 18.2 Å². The molecular weight excluding hydrogens is 473 g/mol. The fourth-order valence-electron chi connectivity index (χ4n) is 3.30. The van der Waals surface area contributed by atoms with Crippen LogP contribution in [-0.2, 0) is 6.42 Å². The molecule has 0 aliphatic heterocycles. The number of para-hydroxylation sites is 1. The third-order valence-electron chi connectivity index (χ3n) is 5.10. The maximum absolute atomic E-state index is 12.2. The Morgan fingerprint density at radius 2 is 1.61 bits per heavy atom. The van der Waals surface area contributed by atoms with Gasteiger partial charge in [-0.25, -0.2) is 4.79 Å². The van der Waals surface area contributed by atoms with E-state index < -0.39 is 18.1 Å². The van der Waals surface area contributed by atoms with Gasteiger partial charge in [0, 0.05) is 24.0 Å². The quantitative estimate of drug-likeness (QED) is 0.193. The van der Waals surface area contributed by atoms with Crippen molar-refractivity contribution in [3.05, 3.63) is 90.0 Å². The van der Waals surface area contributed by atoms with Crippen LogP contribution in [0.1, 0.15) is 15.9 Å². The minimum absolute atomic E-state index is 0. The van der Waals surface area contributed by atoms with Crippen molar-refractivity contribution in [2.45, 2.75) is 18.6 Å². The molecule has 0 heterocycles. The second-order valence-electron chi connectivity index (χ2n) is 7.91. The van der Waals surface area contributed by atoms with E-state index in [0.717, 1.165) is 5.56 Å². The number of aromatic carboxylic acids is 1. The number of carboxylic acids is 1. The molecule has 0 aliphatic carbocycles. The van der Waals surface area contributed by atoms with E-state index in [-0.39, 0.29) is 60.9 Å². The van der Waals surface area contributed by atoms with E-state index >= 15 is 0 Å². The van der Waals surface area contributed by atoms with Crippen LogP contribution in [0.15, 0.2) is 78.9 Å². The van der Waals surface area contributed by atoms with Gasteiger partial charge in [0.1, 0.15) is 18.5 Å². The van der Waals surface area contributed by atoms with Crippen LogP contribution in [0.3, 0.4) is 0 Å². The molecule has 3 aromatic rings. The summed E-state index contributed by atoms with van der Waals surface area (Å²) in [5.41, 5.74) is 1.77. The zero-order valence-electron chi connectivity index (χ0n) is 20.0. The maximum atomic E-state index is 12.2. The Morgan fingerprint density at radius 3 is 2.28 bits per heavy atom. The van der Waals surface area contributed by atoms with E-state index in [1.54, 1.807) is 18.2 Å². The normalized spacial score (nSPS) is 12.1. The number of urea groups is 1. The van der Waals surface area contributed by atoms with E-state index in [9.17, 15) is 24.9 Å². The van der Waals surface area contributed by atoms with E-state index in [4.69, 9.17) is 4.74 Å². The number of aliphatic hydroxyl groups is 2. The molecule has 0 bridgehead atoms. The van der Waals surface area contributed by atoms with E-state index in [0.29, 0.717) is 23.5 Å². The third-order valence-corrected chi connectivity index (χ3v) is 5.10. The number of benzene rings is 3. The van der Waals surface area contributed by atoms with Crippen LogP contribution in [0.5, 0.6) is 5.75 Å². The zero-order chi connectivity index (χ0) is 25.0. The van der Waals surface area contributed by atoms with Gasteiger partial charge in [-0.05, 0) is 53.9 Å². The molecule has 2 amide bonds. The number of rotatable bonds is 12. The van der Waals surface area contributed by atoms with Gasteiger partial charge < -0.3 is 40.8 Å². The number of anilines is 2. The first-order valence-electron chi connectivity index (χ1n) is 11.1. The standard InChI is InChI=1S/C26H29N3O6.Na/c30-16-22(27-15-23(31)17-35-24-7-2-1-3-8-24)13-18-9-11-20(12-10-18)28-26(34)29-21-6-4-5-19(14-21)25(32)33;/h1-12,14,22-23,27,30-31H,13,15-17H2,(H,32,33)(H2,28,29,34);/q;+1/p-1/t22-,23-;/m0./s1. The summed E-state index contributed by atoms with van der Waals surface area (Å²) in [5, 5.41) is 39.2. The van der Waals surface area contributed by atoms with Gasteiger partial charge in [0.25, 0.3) is 0 Å². The summed E-state index contributed by atoms with van der Waals surface area (Å²) in [7, 11) is 0. The molecule has 0 spiro atoms. The molecule has 0 saturated carbocycles. The van der Waals surface area contributed by atoms with E-state index in [2.05, 4.69) is 16.0 Å². The molecule has 0 aliphatic rings. The van der Waals surface area contributed by atoms with Gasteiger partial charge in [-0.15, -0.1) is 0 Å². The molecule has 0 radical (unpaired) electrons. The molecule has 10 heteroatoms. The summed E-state index contributed by atoms with van der Waals surface area (Å²) in [4.78, 5) is 23.1. The van der Waals surface area contributed by atoms with Gasteiger partial charge in [0.15, 0.2) is 0 Å². The SMILES string of the molecule is O=C(Nc1ccc(C[C@@H](CO)NC[C@H](O)COc2ccccc2)cc1)Nc1cccc(C(=O)[O-])c1.[Na+]. The van der Waals surface area contributed by atoms with Crippen molar-refractivity contribution < 1.29 is 59.2 Å². The Balaban J connectivity index is 0.00000456. The summed E-state index contributed by atoms with van der Waals surface area (Å²) in [6.07, 6.45) is -0.215. The fourth-order valence-corrected chi connectivity index (χ4v) is 3.30. The first kappa shape index (κ1) is 29.3. The van der Waals surface area contributed by atoms with Gasteiger partial charge in [-0.3, -0.25) is 0 Å². The number of aliphatic hydroxyl groups excluding tert-OH is 2. The molecule has 2 atom stereocenters. The Bertz CT molecular complexity index is 1100. The van der Waals surface area contributed by atoms with Crippen LogP contribution in [0, 0.1) is 0 Å². The Morgan fingerprint density at radius 1 is 0.917 bits per heavy atom. The third kappa shape index (κ3) is 9.98. The second kappa shape index (κ2) is 15.2. The number of hydrogen-bond donors (Lipinski definition) is 5. The number of carboxylic acid groups (broad SMARTS) is 1. The number of nitrogens with one attached hydrogen (secondary N) is 3. The fraction of sp³-hybridized carbons (Fsp3) is 0.231. The van der Waals surface area contributed by atoms with Crippen LogP contribution in [0.2, 0.25) is 0 Å². The van der Waals surface area contributed by atoms with Gasteiger partial charge in [0.05, 0.1) is 12.6 Å². The number of carbonyl (C=O) groups excluding carboxylic acids is 2. The molecule has 0 fully saturated rings. The van der Waals surface area contributed by atoms with Crippen molar-refractivity contribution in [3.8, 4) is 5.75 Å². The molecule has 3 rings (SSSR count). The smallest absolute Gasteiger partial charge is 0.545 e. The monoisotopic (exact) mass is 501 g/mol. The predicted molar refractivity (Wildman–Crippen MR) is 130 cm³/mol. The maximum Gasteiger partial charge on any atom is 1.00 e. The number of hydrogen-bond acceptors (Lipinski definition) is 7. The second-order valence-corrected chi connectivity index (χ2v) is 7.91. The van der Waals surface area contributed by atoms with Crippen molar-refractivity contribution in [1.82, 2.24) is 5.32 Å². The number of ether oxygens (including phenoxy) is 1. The molecule has 0 saturated heterocycles. The van der Waals surface area contributed by atoms with Crippen molar-refractivity contribution >= 4 is 23.4 Å². The molecular formula is C26H28N3NaO6. The first-order chi connectivity index (χ1) is 16.9. The zero-order valence-corrected chi connectivity index (χ0v) is 22.0. The molecule has 36 heavy (non-hydrogen) atoms. The molecule has 9 nitrogen and oxygen atoms in total. The van der Waals surface area contributed by atoms with Crippen LogP contribution < -0.4 is 55.4 Å². The van der Waals surface area contributed by atoms with Crippen LogP contribution in [0.4, 0.5) is 16.2 Å². The van der Waals surface area contributed by atoms with Gasteiger partial charge in [0.2, 0.25) is 0 Å².